The molecule has 104 valence electrons. The molecule has 0 bridgehead atoms. The molecule has 1 aliphatic rings. The van der Waals surface area contributed by atoms with Gasteiger partial charge < -0.3 is 10.1 Å². The summed E-state index contributed by atoms with van der Waals surface area (Å²) in [6, 6.07) is 10.5. The first-order valence-electron chi connectivity index (χ1n) is 7.12. The molecule has 0 spiro atoms. The second kappa shape index (κ2) is 6.71. The molecule has 1 aromatic carbocycles. The van der Waals surface area contributed by atoms with Crippen LogP contribution < -0.4 is 5.32 Å². The molecule has 1 amide bonds. The maximum Gasteiger partial charge on any atom is 0.246 e. The Morgan fingerprint density at radius 1 is 1.32 bits per heavy atom. The van der Waals surface area contributed by atoms with E-state index in [0.717, 1.165) is 13.0 Å². The molecule has 3 heteroatoms. The zero-order valence-corrected chi connectivity index (χ0v) is 11.7. The number of carbonyl (C=O) groups is 1. The minimum absolute atomic E-state index is 0.00110. The Bertz CT molecular complexity index is 398. The fraction of sp³-hybridized carbons (Fsp3) is 0.562. The molecule has 0 aromatic heterocycles. The third-order valence-corrected chi connectivity index (χ3v) is 3.93. The molecule has 1 aromatic rings. The van der Waals surface area contributed by atoms with Crippen molar-refractivity contribution in [2.24, 2.45) is 5.41 Å². The smallest absolute Gasteiger partial charge is 0.246 e. The van der Waals surface area contributed by atoms with E-state index in [0.29, 0.717) is 6.61 Å². The van der Waals surface area contributed by atoms with Gasteiger partial charge in [0.05, 0.1) is 0 Å². The number of benzene rings is 1. The molecule has 1 saturated carbocycles. The topological polar surface area (TPSA) is 38.3 Å². The van der Waals surface area contributed by atoms with Crippen molar-refractivity contribution in [2.45, 2.75) is 32.6 Å². The number of rotatable bonds is 7. The van der Waals surface area contributed by atoms with Crippen molar-refractivity contribution in [1.29, 1.82) is 0 Å². The van der Waals surface area contributed by atoms with Crippen LogP contribution in [0.25, 0.3) is 0 Å². The maximum atomic E-state index is 11.6. The Balaban J connectivity index is 1.83. The summed E-state index contributed by atoms with van der Waals surface area (Å²) in [5.41, 5.74) is 1.63. The van der Waals surface area contributed by atoms with E-state index in [-0.39, 0.29) is 17.9 Å². The number of amides is 1. The number of hydrogen-bond acceptors (Lipinski definition) is 2. The molecule has 0 heterocycles. The van der Waals surface area contributed by atoms with Crippen molar-refractivity contribution in [1.82, 2.24) is 5.32 Å². The van der Waals surface area contributed by atoms with Gasteiger partial charge in [0.25, 0.3) is 0 Å². The highest BCUT2D eigenvalue weighted by Gasteiger charge is 2.37. The summed E-state index contributed by atoms with van der Waals surface area (Å²) in [4.78, 5) is 11.6. The van der Waals surface area contributed by atoms with Gasteiger partial charge in [-0.25, -0.2) is 0 Å². The van der Waals surface area contributed by atoms with Crippen LogP contribution >= 0.6 is 0 Å². The lowest BCUT2D eigenvalue weighted by atomic mass is 9.65. The average molecular weight is 261 g/mol. The minimum Gasteiger partial charge on any atom is -0.372 e. The van der Waals surface area contributed by atoms with Gasteiger partial charge in [0.2, 0.25) is 5.91 Å². The largest absolute Gasteiger partial charge is 0.372 e. The predicted molar refractivity (Wildman–Crippen MR) is 75.9 cm³/mol. The van der Waals surface area contributed by atoms with E-state index < -0.39 is 0 Å². The summed E-state index contributed by atoms with van der Waals surface area (Å²) in [6.45, 7) is 3.43. The monoisotopic (exact) mass is 261 g/mol. The van der Waals surface area contributed by atoms with E-state index in [9.17, 15) is 4.79 Å². The molecule has 3 nitrogen and oxygen atoms in total. The first-order chi connectivity index (χ1) is 9.24. The van der Waals surface area contributed by atoms with Crippen molar-refractivity contribution < 1.29 is 9.53 Å². The molecule has 0 radical (unpaired) electrons. The molecular formula is C16H23NO2. The molecule has 2 rings (SSSR count). The Hall–Kier alpha value is -1.35. The lowest BCUT2D eigenvalue weighted by Crippen LogP contribution is -2.44. The molecule has 0 saturated heterocycles. The van der Waals surface area contributed by atoms with Crippen LogP contribution in [0.5, 0.6) is 0 Å². The molecule has 1 N–H and O–H groups in total. The average Bonchev–Trinajstić information content (AvgIpc) is 2.40. The molecule has 19 heavy (non-hydrogen) atoms. The zero-order valence-electron chi connectivity index (χ0n) is 11.7. The van der Waals surface area contributed by atoms with Gasteiger partial charge in [-0.2, -0.15) is 0 Å². The van der Waals surface area contributed by atoms with Gasteiger partial charge in [-0.15, -0.1) is 0 Å². The summed E-state index contributed by atoms with van der Waals surface area (Å²) in [6.07, 6.45) is 4.74. The second-order valence-electron chi connectivity index (χ2n) is 5.43. The Kier molecular flexibility index (Phi) is 4.97. The van der Waals surface area contributed by atoms with Crippen LogP contribution in [0.3, 0.4) is 0 Å². The van der Waals surface area contributed by atoms with Crippen LogP contribution in [0.1, 0.15) is 31.7 Å². The van der Waals surface area contributed by atoms with Gasteiger partial charge >= 0.3 is 0 Å². The van der Waals surface area contributed by atoms with Gasteiger partial charge in [0.15, 0.2) is 0 Å². The number of nitrogens with one attached hydrogen (secondary N) is 1. The first-order valence-corrected chi connectivity index (χ1v) is 7.12. The van der Waals surface area contributed by atoms with Gasteiger partial charge in [0, 0.05) is 13.2 Å². The summed E-state index contributed by atoms with van der Waals surface area (Å²) < 4.78 is 5.12. The normalized spacial score (nSPS) is 16.7. The molecule has 0 atom stereocenters. The third kappa shape index (κ3) is 4.06. The predicted octanol–water partition coefficient (Wildman–Crippen LogP) is 2.55. The van der Waals surface area contributed by atoms with Crippen molar-refractivity contribution in [2.75, 3.05) is 19.8 Å². The first kappa shape index (κ1) is 14.1. The Labute approximate surface area is 115 Å². The number of hydrogen-bond donors (Lipinski definition) is 1. The van der Waals surface area contributed by atoms with Crippen molar-refractivity contribution >= 4 is 5.91 Å². The lowest BCUT2D eigenvalue weighted by Gasteiger charge is -2.42. The van der Waals surface area contributed by atoms with Gasteiger partial charge in [0.1, 0.15) is 6.61 Å². The zero-order chi connectivity index (χ0) is 13.6. The molecule has 1 fully saturated rings. The SMILES string of the molecule is CCOCC(=O)NCC1(Cc2ccccc2)CCC1. The van der Waals surface area contributed by atoms with Gasteiger partial charge in [-0.1, -0.05) is 36.8 Å². The van der Waals surface area contributed by atoms with Crippen molar-refractivity contribution in [3.63, 3.8) is 0 Å². The summed E-state index contributed by atoms with van der Waals surface area (Å²) in [5.74, 6) is 0.00110. The van der Waals surface area contributed by atoms with E-state index >= 15 is 0 Å². The van der Waals surface area contributed by atoms with Gasteiger partial charge in [-0.3, -0.25) is 4.79 Å². The summed E-state index contributed by atoms with van der Waals surface area (Å²) in [7, 11) is 0. The highest BCUT2D eigenvalue weighted by Crippen LogP contribution is 2.43. The van der Waals surface area contributed by atoms with Crippen LogP contribution in [0, 0.1) is 5.41 Å². The quantitative estimate of drug-likeness (QED) is 0.819. The highest BCUT2D eigenvalue weighted by molar-refractivity contribution is 5.77. The van der Waals surface area contributed by atoms with E-state index in [1.165, 1.54) is 24.8 Å². The van der Waals surface area contributed by atoms with Crippen molar-refractivity contribution in [3.8, 4) is 0 Å². The molecule has 1 aliphatic carbocycles. The lowest BCUT2D eigenvalue weighted by molar-refractivity contribution is -0.126. The van der Waals surface area contributed by atoms with E-state index in [4.69, 9.17) is 4.74 Å². The minimum atomic E-state index is 0.00110. The highest BCUT2D eigenvalue weighted by atomic mass is 16.5. The van der Waals surface area contributed by atoms with Gasteiger partial charge in [-0.05, 0) is 37.2 Å². The third-order valence-electron chi connectivity index (χ3n) is 3.93. The number of carbonyl (C=O) groups excluding carboxylic acids is 1. The fourth-order valence-corrected chi connectivity index (χ4v) is 2.65. The number of ether oxygens (including phenoxy) is 1. The fourth-order valence-electron chi connectivity index (χ4n) is 2.65. The van der Waals surface area contributed by atoms with Crippen LogP contribution in [0.4, 0.5) is 0 Å². The van der Waals surface area contributed by atoms with Crippen LogP contribution in [-0.4, -0.2) is 25.7 Å². The standard InChI is InChI=1S/C16H23NO2/c1-2-19-12-15(18)17-13-16(9-6-10-16)11-14-7-4-3-5-8-14/h3-5,7-8H,2,6,9-13H2,1H3,(H,17,18). The molecule has 0 unspecified atom stereocenters. The van der Waals surface area contributed by atoms with Crippen molar-refractivity contribution in [3.05, 3.63) is 35.9 Å². The second-order valence-corrected chi connectivity index (χ2v) is 5.43. The Morgan fingerprint density at radius 2 is 2.05 bits per heavy atom. The van der Waals surface area contributed by atoms with E-state index in [2.05, 4.69) is 29.6 Å². The van der Waals surface area contributed by atoms with E-state index in [1.54, 1.807) is 0 Å². The molecular weight excluding hydrogens is 238 g/mol. The Morgan fingerprint density at radius 3 is 2.63 bits per heavy atom. The van der Waals surface area contributed by atoms with Crippen LogP contribution in [-0.2, 0) is 16.0 Å². The summed E-state index contributed by atoms with van der Waals surface area (Å²) in [5, 5.41) is 3.02. The summed E-state index contributed by atoms with van der Waals surface area (Å²) >= 11 is 0. The maximum absolute atomic E-state index is 11.6. The van der Waals surface area contributed by atoms with Crippen LogP contribution in [0.15, 0.2) is 30.3 Å². The van der Waals surface area contributed by atoms with Crippen LogP contribution in [0.2, 0.25) is 0 Å². The molecule has 0 aliphatic heterocycles. The van der Waals surface area contributed by atoms with E-state index in [1.807, 2.05) is 13.0 Å².